The summed E-state index contributed by atoms with van der Waals surface area (Å²) in [5.74, 6) is -4.31. The van der Waals surface area contributed by atoms with Crippen LogP contribution < -0.4 is 5.73 Å². The molecule has 2 aromatic rings. The molecule has 2 aromatic carbocycles. The molecule has 0 spiro atoms. The Labute approximate surface area is 230 Å². The molecule has 11 heteroatoms. The van der Waals surface area contributed by atoms with E-state index in [1.165, 1.54) is 11.9 Å². The largest absolute Gasteiger partial charge is 0.489 e. The second-order valence-corrected chi connectivity index (χ2v) is 10.5. The molecule has 3 unspecified atom stereocenters. The Morgan fingerprint density at radius 1 is 1.08 bits per heavy atom. The molecular formula is C27H29Cl2N3O6. The van der Waals surface area contributed by atoms with Gasteiger partial charge in [-0.3, -0.25) is 14.5 Å². The first kappa shape index (κ1) is 27.8. The van der Waals surface area contributed by atoms with Gasteiger partial charge in [-0.05, 0) is 42.6 Å². The van der Waals surface area contributed by atoms with Gasteiger partial charge in [0.1, 0.15) is 17.8 Å². The van der Waals surface area contributed by atoms with Crippen LogP contribution in [0.25, 0.3) is 0 Å². The van der Waals surface area contributed by atoms with Crippen LogP contribution in [0, 0.1) is 11.3 Å². The topological polar surface area (TPSA) is 133 Å². The number of carboxylic acid groups (broad SMARTS) is 2. The summed E-state index contributed by atoms with van der Waals surface area (Å²) in [6.45, 7) is 0.604. The van der Waals surface area contributed by atoms with E-state index in [0.717, 1.165) is 5.56 Å². The summed E-state index contributed by atoms with van der Waals surface area (Å²) in [6.07, 6.45) is 0.952. The number of hydrogen-bond acceptors (Lipinski definition) is 6. The van der Waals surface area contributed by atoms with E-state index in [4.69, 9.17) is 33.7 Å². The number of benzene rings is 2. The molecule has 1 amide bonds. The third kappa shape index (κ3) is 5.18. The van der Waals surface area contributed by atoms with Gasteiger partial charge in [0.25, 0.3) is 0 Å². The molecule has 1 fully saturated rings. The number of amides is 1. The number of piperidine rings is 1. The fourth-order valence-electron chi connectivity index (χ4n) is 5.72. The number of hydrogen-bond donors (Lipinski definition) is 3. The van der Waals surface area contributed by atoms with Gasteiger partial charge in [0, 0.05) is 26.1 Å². The van der Waals surface area contributed by atoms with E-state index in [-0.39, 0.29) is 29.6 Å². The van der Waals surface area contributed by atoms with Crippen molar-refractivity contribution in [1.29, 1.82) is 0 Å². The number of nitrogens with two attached hydrogens (primary N) is 1. The monoisotopic (exact) mass is 561 g/mol. The van der Waals surface area contributed by atoms with E-state index in [1.807, 2.05) is 35.2 Å². The minimum atomic E-state index is -1.83. The minimum Gasteiger partial charge on any atom is -0.489 e. The van der Waals surface area contributed by atoms with Crippen LogP contribution >= 0.6 is 23.2 Å². The van der Waals surface area contributed by atoms with E-state index in [2.05, 4.69) is 0 Å². The van der Waals surface area contributed by atoms with Crippen molar-refractivity contribution in [3.8, 4) is 0 Å². The average Bonchev–Trinajstić information content (AvgIpc) is 3.18. The van der Waals surface area contributed by atoms with Crippen molar-refractivity contribution in [2.75, 3.05) is 20.1 Å². The second-order valence-electron chi connectivity index (χ2n) is 9.70. The predicted molar refractivity (Wildman–Crippen MR) is 141 cm³/mol. The summed E-state index contributed by atoms with van der Waals surface area (Å²) >= 11 is 12.1. The van der Waals surface area contributed by atoms with Crippen molar-refractivity contribution < 1.29 is 29.3 Å². The van der Waals surface area contributed by atoms with Gasteiger partial charge in [0.2, 0.25) is 5.91 Å². The molecule has 4 N–H and O–H groups in total. The molecule has 0 radical (unpaired) electrons. The molecule has 9 nitrogen and oxygen atoms in total. The lowest BCUT2D eigenvalue weighted by atomic mass is 9.66. The van der Waals surface area contributed by atoms with Crippen LogP contribution in [0.2, 0.25) is 10.0 Å². The van der Waals surface area contributed by atoms with Crippen LogP contribution in [-0.2, 0) is 32.3 Å². The van der Waals surface area contributed by atoms with E-state index in [1.54, 1.807) is 18.2 Å². The number of carbonyl (C=O) groups is 3. The van der Waals surface area contributed by atoms with Crippen LogP contribution in [0.5, 0.6) is 0 Å². The molecule has 3 atom stereocenters. The van der Waals surface area contributed by atoms with Crippen molar-refractivity contribution in [3.63, 3.8) is 0 Å². The first-order valence-electron chi connectivity index (χ1n) is 12.1. The zero-order chi connectivity index (χ0) is 27.6. The first-order valence-corrected chi connectivity index (χ1v) is 12.9. The van der Waals surface area contributed by atoms with Crippen molar-refractivity contribution in [2.24, 2.45) is 17.1 Å². The van der Waals surface area contributed by atoms with E-state index >= 15 is 0 Å². The van der Waals surface area contributed by atoms with Crippen molar-refractivity contribution >= 4 is 41.0 Å². The molecular weight excluding hydrogens is 533 g/mol. The Hall–Kier alpha value is -3.27. The van der Waals surface area contributed by atoms with Crippen molar-refractivity contribution in [1.82, 2.24) is 9.80 Å². The fraction of sp³-hybridized carbons (Fsp3) is 0.370. The Kier molecular flexibility index (Phi) is 8.20. The molecule has 0 bridgehead atoms. The third-order valence-electron chi connectivity index (χ3n) is 7.33. The standard InChI is InChI=1S/C27H29Cl2N3O6/c1-31-15-27(26(36)37,23(22(31)25(34)35)38-14-17-9-10-19(28)20(29)12-17)18-8-5-11-32(21(18)24(30)33)13-16-6-3-2-4-7-16/h2-4,6-7,9-10,12,18,21H,5,8,11,13-15H2,1H3,(H2,30,33)(H,34,35)(H,36,37). The van der Waals surface area contributed by atoms with Crippen LogP contribution in [0.1, 0.15) is 24.0 Å². The third-order valence-corrected chi connectivity index (χ3v) is 8.07. The minimum absolute atomic E-state index is 0.145. The lowest BCUT2D eigenvalue weighted by Crippen LogP contribution is -2.60. The quantitative estimate of drug-likeness (QED) is 0.423. The van der Waals surface area contributed by atoms with E-state index in [0.29, 0.717) is 36.5 Å². The molecule has 0 aromatic heterocycles. The fourth-order valence-corrected chi connectivity index (χ4v) is 6.04. The molecule has 4 rings (SSSR count). The average molecular weight is 562 g/mol. The van der Waals surface area contributed by atoms with E-state index < -0.39 is 35.2 Å². The zero-order valence-corrected chi connectivity index (χ0v) is 22.3. The number of likely N-dealkylation sites (N-methyl/N-ethyl adjacent to an activating group) is 1. The highest BCUT2D eigenvalue weighted by molar-refractivity contribution is 6.42. The Bertz CT molecular complexity index is 1270. The molecule has 2 aliphatic rings. The maximum Gasteiger partial charge on any atom is 0.355 e. The normalized spacial score (nSPS) is 23.9. The molecule has 2 aliphatic heterocycles. The van der Waals surface area contributed by atoms with Crippen LogP contribution in [0.3, 0.4) is 0 Å². The van der Waals surface area contributed by atoms with Gasteiger partial charge in [0.05, 0.1) is 16.1 Å². The number of halogens is 2. The molecule has 38 heavy (non-hydrogen) atoms. The molecule has 202 valence electrons. The molecule has 0 aliphatic carbocycles. The molecule has 2 heterocycles. The summed E-state index contributed by atoms with van der Waals surface area (Å²) in [5, 5.41) is 21.4. The number of carbonyl (C=O) groups excluding carboxylic acids is 1. The number of aliphatic carboxylic acids is 2. The van der Waals surface area contributed by atoms with Gasteiger partial charge in [-0.2, -0.15) is 0 Å². The maximum absolute atomic E-state index is 13.1. The lowest BCUT2D eigenvalue weighted by Gasteiger charge is -2.46. The summed E-state index contributed by atoms with van der Waals surface area (Å²) in [5.41, 5.74) is 5.34. The molecule has 0 saturated carbocycles. The van der Waals surface area contributed by atoms with Gasteiger partial charge >= 0.3 is 11.9 Å². The number of carboxylic acids is 2. The van der Waals surface area contributed by atoms with Crippen LogP contribution in [0.15, 0.2) is 60.0 Å². The van der Waals surface area contributed by atoms with Crippen molar-refractivity contribution in [2.45, 2.75) is 32.0 Å². The number of rotatable bonds is 9. The Morgan fingerprint density at radius 3 is 2.39 bits per heavy atom. The highest BCUT2D eigenvalue weighted by Gasteiger charge is 2.62. The van der Waals surface area contributed by atoms with E-state index in [9.17, 15) is 24.6 Å². The summed E-state index contributed by atoms with van der Waals surface area (Å²) < 4.78 is 6.04. The summed E-state index contributed by atoms with van der Waals surface area (Å²) in [6, 6.07) is 13.4. The van der Waals surface area contributed by atoms with Gasteiger partial charge in [0.15, 0.2) is 5.70 Å². The number of likely N-dealkylation sites (tertiary alicyclic amines) is 1. The summed E-state index contributed by atoms with van der Waals surface area (Å²) in [7, 11) is 1.50. The Balaban J connectivity index is 1.77. The van der Waals surface area contributed by atoms with Crippen molar-refractivity contribution in [3.05, 3.63) is 81.2 Å². The number of nitrogens with zero attached hydrogens (tertiary/aromatic N) is 2. The van der Waals surface area contributed by atoms with Crippen LogP contribution in [-0.4, -0.2) is 64.0 Å². The number of primary amides is 1. The zero-order valence-electron chi connectivity index (χ0n) is 20.8. The smallest absolute Gasteiger partial charge is 0.355 e. The first-order chi connectivity index (χ1) is 18.1. The highest BCUT2D eigenvalue weighted by atomic mass is 35.5. The van der Waals surface area contributed by atoms with Gasteiger partial charge < -0.3 is 25.6 Å². The Morgan fingerprint density at radius 2 is 1.79 bits per heavy atom. The lowest BCUT2D eigenvalue weighted by molar-refractivity contribution is -0.157. The molecule has 1 saturated heterocycles. The SMILES string of the molecule is CN1CC(C(=O)O)(C2CCCN(Cc3ccccc3)C2C(N)=O)C(OCc2ccc(Cl)c(Cl)c2)=C1C(=O)O. The van der Waals surface area contributed by atoms with Gasteiger partial charge in [-0.25, -0.2) is 4.79 Å². The van der Waals surface area contributed by atoms with Gasteiger partial charge in [-0.15, -0.1) is 0 Å². The number of ether oxygens (including phenoxy) is 1. The summed E-state index contributed by atoms with van der Waals surface area (Å²) in [4.78, 5) is 41.6. The maximum atomic E-state index is 13.1. The van der Waals surface area contributed by atoms with Gasteiger partial charge in [-0.1, -0.05) is 59.6 Å². The second kappa shape index (κ2) is 11.2. The highest BCUT2D eigenvalue weighted by Crippen LogP contribution is 2.50. The van der Waals surface area contributed by atoms with Crippen LogP contribution in [0.4, 0.5) is 0 Å². The predicted octanol–water partition coefficient (Wildman–Crippen LogP) is 3.59.